The van der Waals surface area contributed by atoms with Crippen molar-refractivity contribution in [1.29, 1.82) is 0 Å². The first-order chi connectivity index (χ1) is 8.65. The summed E-state index contributed by atoms with van der Waals surface area (Å²) >= 11 is 1.62. The van der Waals surface area contributed by atoms with E-state index in [2.05, 4.69) is 0 Å². The van der Waals surface area contributed by atoms with Crippen molar-refractivity contribution in [3.05, 3.63) is 29.8 Å². The third-order valence-corrected chi connectivity index (χ3v) is 4.01. The quantitative estimate of drug-likeness (QED) is 0.657. The predicted octanol–water partition coefficient (Wildman–Crippen LogP) is 2.16. The Kier molecular flexibility index (Phi) is 3.91. The third kappa shape index (κ3) is 2.36. The molecule has 1 atom stereocenters. The summed E-state index contributed by atoms with van der Waals surface area (Å²) < 4.78 is 0. The Morgan fingerprint density at radius 3 is 2.78 bits per heavy atom. The fourth-order valence-corrected chi connectivity index (χ4v) is 3.05. The van der Waals surface area contributed by atoms with Gasteiger partial charge in [-0.2, -0.15) is 0 Å². The van der Waals surface area contributed by atoms with E-state index in [9.17, 15) is 9.59 Å². The van der Waals surface area contributed by atoms with Gasteiger partial charge in [0.15, 0.2) is 0 Å². The molecule has 1 saturated heterocycles. The molecule has 1 N–H and O–H groups in total. The molecule has 0 spiro atoms. The first-order valence-corrected chi connectivity index (χ1v) is 7.04. The van der Waals surface area contributed by atoms with Crippen LogP contribution in [0.15, 0.2) is 29.2 Å². The van der Waals surface area contributed by atoms with Crippen LogP contribution >= 0.6 is 11.8 Å². The molecule has 0 aromatic heterocycles. The fraction of sp³-hybridized carbons (Fsp3) is 0.385. The van der Waals surface area contributed by atoms with Crippen LogP contribution in [-0.2, 0) is 9.59 Å². The molecule has 96 valence electrons. The van der Waals surface area contributed by atoms with Gasteiger partial charge in [-0.1, -0.05) is 18.2 Å². The Hall–Kier alpha value is -1.49. The molecule has 1 aliphatic rings. The van der Waals surface area contributed by atoms with E-state index >= 15 is 0 Å². The van der Waals surface area contributed by atoms with Gasteiger partial charge in [-0.3, -0.25) is 4.79 Å². The molecule has 18 heavy (non-hydrogen) atoms. The van der Waals surface area contributed by atoms with Gasteiger partial charge >= 0.3 is 11.9 Å². The molecule has 1 amide bonds. The number of aliphatic carboxylic acids is 1. The minimum absolute atomic E-state index is 0.0998. The summed E-state index contributed by atoms with van der Waals surface area (Å²) in [6.45, 7) is 0.526. The van der Waals surface area contributed by atoms with Gasteiger partial charge in [0.05, 0.1) is 6.04 Å². The van der Waals surface area contributed by atoms with Gasteiger partial charge < -0.3 is 10.0 Å². The van der Waals surface area contributed by atoms with Gasteiger partial charge in [0.1, 0.15) is 0 Å². The SMILES string of the molecule is CSc1ccccc1[C@H]1CCCN1C(=O)C(=O)O. The zero-order valence-electron chi connectivity index (χ0n) is 10.1. The van der Waals surface area contributed by atoms with Crippen molar-refractivity contribution in [3.63, 3.8) is 0 Å². The minimum Gasteiger partial charge on any atom is -0.474 e. The summed E-state index contributed by atoms with van der Waals surface area (Å²) in [4.78, 5) is 25.0. The predicted molar refractivity (Wildman–Crippen MR) is 69.5 cm³/mol. The average molecular weight is 265 g/mol. The van der Waals surface area contributed by atoms with Gasteiger partial charge in [0, 0.05) is 11.4 Å². The zero-order valence-corrected chi connectivity index (χ0v) is 10.9. The number of carbonyl (C=O) groups excluding carboxylic acids is 1. The van der Waals surface area contributed by atoms with E-state index < -0.39 is 11.9 Å². The van der Waals surface area contributed by atoms with Crippen molar-refractivity contribution in [2.24, 2.45) is 0 Å². The Bertz CT molecular complexity index is 475. The molecule has 4 nitrogen and oxygen atoms in total. The second kappa shape index (κ2) is 5.44. The number of hydrogen-bond acceptors (Lipinski definition) is 3. The van der Waals surface area contributed by atoms with Crippen molar-refractivity contribution in [2.75, 3.05) is 12.8 Å². The van der Waals surface area contributed by atoms with Crippen LogP contribution in [-0.4, -0.2) is 34.7 Å². The summed E-state index contributed by atoms with van der Waals surface area (Å²) in [5.41, 5.74) is 1.05. The van der Waals surface area contributed by atoms with Crippen LogP contribution in [0, 0.1) is 0 Å². The van der Waals surface area contributed by atoms with Gasteiger partial charge in [-0.05, 0) is 30.7 Å². The Morgan fingerprint density at radius 1 is 1.39 bits per heavy atom. The minimum atomic E-state index is -1.37. The summed E-state index contributed by atoms with van der Waals surface area (Å²) in [7, 11) is 0. The fourth-order valence-electron chi connectivity index (χ4n) is 2.40. The average Bonchev–Trinajstić information content (AvgIpc) is 2.86. The molecule has 5 heteroatoms. The van der Waals surface area contributed by atoms with E-state index in [-0.39, 0.29) is 6.04 Å². The van der Waals surface area contributed by atoms with Crippen LogP contribution < -0.4 is 0 Å². The first kappa shape index (κ1) is 13.0. The lowest BCUT2D eigenvalue weighted by molar-refractivity contribution is -0.156. The standard InChI is InChI=1S/C13H15NO3S/c1-18-11-7-3-2-5-9(11)10-6-4-8-14(10)12(15)13(16)17/h2-3,5,7,10H,4,6,8H2,1H3,(H,16,17)/t10-/m1/s1. The number of nitrogens with zero attached hydrogens (tertiary/aromatic N) is 1. The van der Waals surface area contributed by atoms with Crippen molar-refractivity contribution in [1.82, 2.24) is 4.90 Å². The Morgan fingerprint density at radius 2 is 2.11 bits per heavy atom. The zero-order chi connectivity index (χ0) is 13.1. The molecule has 0 radical (unpaired) electrons. The Labute approximate surface area is 110 Å². The summed E-state index contributed by atoms with van der Waals surface area (Å²) in [5, 5.41) is 8.84. The molecule has 1 fully saturated rings. The number of likely N-dealkylation sites (tertiary alicyclic amines) is 1. The topological polar surface area (TPSA) is 57.6 Å². The van der Waals surface area contributed by atoms with E-state index in [4.69, 9.17) is 5.11 Å². The molecule has 1 aliphatic heterocycles. The molecule has 1 aromatic carbocycles. The smallest absolute Gasteiger partial charge is 0.394 e. The number of carboxylic acids is 1. The third-order valence-electron chi connectivity index (χ3n) is 3.19. The van der Waals surface area contributed by atoms with Crippen LogP contribution in [0.2, 0.25) is 0 Å². The number of hydrogen-bond donors (Lipinski definition) is 1. The Balaban J connectivity index is 2.31. The van der Waals surface area contributed by atoms with Gasteiger partial charge in [0.25, 0.3) is 0 Å². The number of carboxylic acid groups (broad SMARTS) is 1. The number of benzene rings is 1. The summed E-state index contributed by atoms with van der Waals surface area (Å²) in [5.74, 6) is -2.17. The second-order valence-electron chi connectivity index (χ2n) is 4.20. The highest BCUT2D eigenvalue weighted by atomic mass is 32.2. The number of thioether (sulfide) groups is 1. The van der Waals surface area contributed by atoms with E-state index in [0.29, 0.717) is 6.54 Å². The molecule has 1 heterocycles. The number of amides is 1. The lowest BCUT2D eigenvalue weighted by Crippen LogP contribution is -2.36. The van der Waals surface area contributed by atoms with Crippen molar-refractivity contribution in [3.8, 4) is 0 Å². The van der Waals surface area contributed by atoms with Crippen LogP contribution in [0.5, 0.6) is 0 Å². The van der Waals surface area contributed by atoms with E-state index in [1.165, 1.54) is 4.90 Å². The monoisotopic (exact) mass is 265 g/mol. The maximum absolute atomic E-state index is 11.6. The van der Waals surface area contributed by atoms with Crippen molar-refractivity contribution in [2.45, 2.75) is 23.8 Å². The van der Waals surface area contributed by atoms with E-state index in [1.807, 2.05) is 30.5 Å². The number of carbonyl (C=O) groups is 2. The molecular formula is C13H15NO3S. The van der Waals surface area contributed by atoms with Crippen LogP contribution in [0.25, 0.3) is 0 Å². The highest BCUT2D eigenvalue weighted by molar-refractivity contribution is 7.98. The molecule has 0 saturated carbocycles. The highest BCUT2D eigenvalue weighted by Gasteiger charge is 2.34. The van der Waals surface area contributed by atoms with Crippen LogP contribution in [0.3, 0.4) is 0 Å². The highest BCUT2D eigenvalue weighted by Crippen LogP contribution is 2.36. The lowest BCUT2D eigenvalue weighted by atomic mass is 10.0. The first-order valence-electron chi connectivity index (χ1n) is 5.82. The molecular weight excluding hydrogens is 250 g/mol. The van der Waals surface area contributed by atoms with Gasteiger partial charge in [-0.25, -0.2) is 4.79 Å². The van der Waals surface area contributed by atoms with Crippen LogP contribution in [0.1, 0.15) is 24.4 Å². The lowest BCUT2D eigenvalue weighted by Gasteiger charge is -2.24. The molecule has 0 bridgehead atoms. The number of rotatable bonds is 2. The summed E-state index contributed by atoms with van der Waals surface area (Å²) in [6, 6.07) is 7.76. The molecule has 1 aromatic rings. The molecule has 2 rings (SSSR count). The maximum atomic E-state index is 11.6. The van der Waals surface area contributed by atoms with E-state index in [1.54, 1.807) is 11.8 Å². The normalized spacial score (nSPS) is 18.9. The van der Waals surface area contributed by atoms with E-state index in [0.717, 1.165) is 23.3 Å². The van der Waals surface area contributed by atoms with Crippen molar-refractivity contribution < 1.29 is 14.7 Å². The summed E-state index contributed by atoms with van der Waals surface area (Å²) in [6.07, 6.45) is 3.67. The van der Waals surface area contributed by atoms with Crippen LogP contribution in [0.4, 0.5) is 0 Å². The second-order valence-corrected chi connectivity index (χ2v) is 5.05. The maximum Gasteiger partial charge on any atom is 0.394 e. The largest absolute Gasteiger partial charge is 0.474 e. The molecule has 0 unspecified atom stereocenters. The van der Waals surface area contributed by atoms with Crippen molar-refractivity contribution >= 4 is 23.6 Å². The van der Waals surface area contributed by atoms with Gasteiger partial charge in [0.2, 0.25) is 0 Å². The molecule has 0 aliphatic carbocycles. The van der Waals surface area contributed by atoms with Gasteiger partial charge in [-0.15, -0.1) is 11.8 Å².